The molecule has 8 heteroatoms. The number of hydrazine groups is 1. The molecule has 1 heterocycles. The van der Waals surface area contributed by atoms with Crippen molar-refractivity contribution >= 4 is 23.8 Å². The zero-order valence-corrected chi connectivity index (χ0v) is 16.6. The Morgan fingerprint density at radius 2 is 1.57 bits per heavy atom. The Kier molecular flexibility index (Phi) is 6.46. The van der Waals surface area contributed by atoms with Crippen LogP contribution in [-0.2, 0) is 24.7 Å². The van der Waals surface area contributed by atoms with Gasteiger partial charge in [-0.2, -0.15) is 5.01 Å². The van der Waals surface area contributed by atoms with Crippen molar-refractivity contribution in [3.8, 4) is 0 Å². The first-order chi connectivity index (χ1) is 14.5. The first kappa shape index (κ1) is 21.0. The van der Waals surface area contributed by atoms with Gasteiger partial charge in [-0.3, -0.25) is 19.8 Å². The standard InChI is InChI=1S/C22H23N3O5/c1-2-3-14-19(27)30-15-18(26)24-25-20(28)22(23-21(25)29,16-10-6-4-7-11-16)17-12-8-5-9-13-17/h4-13H,2-3,14-15H2,1H3,(H,23,29)(H,24,26). The van der Waals surface area contributed by atoms with Crippen molar-refractivity contribution in [1.82, 2.24) is 15.8 Å². The molecule has 0 aliphatic carbocycles. The molecule has 1 saturated heterocycles. The van der Waals surface area contributed by atoms with Crippen molar-refractivity contribution < 1.29 is 23.9 Å². The normalized spacial score (nSPS) is 14.9. The first-order valence-electron chi connectivity index (χ1n) is 9.72. The van der Waals surface area contributed by atoms with Crippen LogP contribution in [0.1, 0.15) is 37.3 Å². The fourth-order valence-electron chi connectivity index (χ4n) is 3.26. The Morgan fingerprint density at radius 3 is 2.10 bits per heavy atom. The van der Waals surface area contributed by atoms with E-state index in [0.29, 0.717) is 22.6 Å². The lowest BCUT2D eigenvalue weighted by molar-refractivity contribution is -0.150. The third-order valence-corrected chi connectivity index (χ3v) is 4.77. The summed E-state index contributed by atoms with van der Waals surface area (Å²) in [5, 5.41) is 3.34. The summed E-state index contributed by atoms with van der Waals surface area (Å²) >= 11 is 0. The number of nitrogens with one attached hydrogen (secondary N) is 2. The van der Waals surface area contributed by atoms with Gasteiger partial charge in [-0.15, -0.1) is 0 Å². The molecule has 8 nitrogen and oxygen atoms in total. The van der Waals surface area contributed by atoms with Gasteiger partial charge in [-0.25, -0.2) is 4.79 Å². The molecule has 1 fully saturated rings. The number of carbonyl (C=O) groups excluding carboxylic acids is 4. The SMILES string of the molecule is CCCCC(=O)OCC(=O)NN1C(=O)NC(c2ccccc2)(c2ccccc2)C1=O. The maximum Gasteiger partial charge on any atom is 0.344 e. The van der Waals surface area contributed by atoms with E-state index in [1.54, 1.807) is 60.7 Å². The van der Waals surface area contributed by atoms with E-state index in [1.807, 2.05) is 6.92 Å². The number of esters is 1. The maximum absolute atomic E-state index is 13.4. The number of rotatable bonds is 8. The maximum atomic E-state index is 13.4. The fraction of sp³-hybridized carbons (Fsp3) is 0.273. The van der Waals surface area contributed by atoms with Crippen LogP contribution in [0.2, 0.25) is 0 Å². The molecule has 2 N–H and O–H groups in total. The molecule has 0 atom stereocenters. The van der Waals surface area contributed by atoms with Gasteiger partial charge in [0.2, 0.25) is 0 Å². The van der Waals surface area contributed by atoms with Gasteiger partial charge in [0.1, 0.15) is 0 Å². The van der Waals surface area contributed by atoms with Crippen molar-refractivity contribution in [2.24, 2.45) is 0 Å². The van der Waals surface area contributed by atoms with Gasteiger partial charge < -0.3 is 10.1 Å². The monoisotopic (exact) mass is 409 g/mol. The number of imide groups is 1. The Bertz CT molecular complexity index is 891. The molecule has 0 spiro atoms. The second kappa shape index (κ2) is 9.21. The minimum atomic E-state index is -1.48. The van der Waals surface area contributed by atoms with Gasteiger partial charge in [0, 0.05) is 6.42 Å². The van der Waals surface area contributed by atoms with Crippen LogP contribution >= 0.6 is 0 Å². The number of ether oxygens (including phenoxy) is 1. The third kappa shape index (κ3) is 4.17. The van der Waals surface area contributed by atoms with Crippen molar-refractivity contribution in [1.29, 1.82) is 0 Å². The average Bonchev–Trinajstić information content (AvgIpc) is 3.03. The highest BCUT2D eigenvalue weighted by atomic mass is 16.5. The van der Waals surface area contributed by atoms with E-state index in [9.17, 15) is 19.2 Å². The third-order valence-electron chi connectivity index (χ3n) is 4.77. The van der Waals surface area contributed by atoms with Crippen LogP contribution in [-0.4, -0.2) is 35.4 Å². The highest BCUT2D eigenvalue weighted by molar-refractivity contribution is 6.10. The number of nitrogens with zero attached hydrogens (tertiary/aromatic N) is 1. The molecule has 2 aromatic rings. The molecular formula is C22H23N3O5. The van der Waals surface area contributed by atoms with Crippen LogP contribution in [0.25, 0.3) is 0 Å². The zero-order chi connectivity index (χ0) is 21.6. The molecule has 1 aliphatic rings. The van der Waals surface area contributed by atoms with Gasteiger partial charge in [0.25, 0.3) is 11.8 Å². The molecule has 3 rings (SSSR count). The molecule has 4 amide bonds. The molecule has 0 bridgehead atoms. The number of hydrogen-bond donors (Lipinski definition) is 2. The van der Waals surface area contributed by atoms with E-state index >= 15 is 0 Å². The van der Waals surface area contributed by atoms with Crippen molar-refractivity contribution in [2.75, 3.05) is 6.61 Å². The average molecular weight is 409 g/mol. The van der Waals surface area contributed by atoms with E-state index in [4.69, 9.17) is 4.74 Å². The van der Waals surface area contributed by atoms with Crippen LogP contribution < -0.4 is 10.7 Å². The predicted octanol–water partition coefficient (Wildman–Crippen LogP) is 2.25. The van der Waals surface area contributed by atoms with Gasteiger partial charge in [-0.1, -0.05) is 74.0 Å². The van der Waals surface area contributed by atoms with E-state index in [2.05, 4.69) is 10.7 Å². The largest absolute Gasteiger partial charge is 0.455 e. The summed E-state index contributed by atoms with van der Waals surface area (Å²) in [6.45, 7) is 1.35. The van der Waals surface area contributed by atoms with Crippen LogP contribution in [0.3, 0.4) is 0 Å². The quantitative estimate of drug-likeness (QED) is 0.514. The number of unbranched alkanes of at least 4 members (excludes halogenated alkanes) is 1. The molecule has 2 aromatic carbocycles. The van der Waals surface area contributed by atoms with E-state index < -0.39 is 36.0 Å². The minimum absolute atomic E-state index is 0.206. The Hall–Kier alpha value is -3.68. The summed E-state index contributed by atoms with van der Waals surface area (Å²) < 4.78 is 4.89. The fourth-order valence-corrected chi connectivity index (χ4v) is 3.26. The first-order valence-corrected chi connectivity index (χ1v) is 9.72. The lowest BCUT2D eigenvalue weighted by atomic mass is 9.83. The molecule has 1 aliphatic heterocycles. The number of urea groups is 1. The van der Waals surface area contributed by atoms with Gasteiger partial charge >= 0.3 is 12.0 Å². The summed E-state index contributed by atoms with van der Waals surface area (Å²) in [5.41, 5.74) is 1.86. The minimum Gasteiger partial charge on any atom is -0.455 e. The molecule has 0 radical (unpaired) electrons. The summed E-state index contributed by atoms with van der Waals surface area (Å²) in [6.07, 6.45) is 1.69. The summed E-state index contributed by atoms with van der Waals surface area (Å²) in [6, 6.07) is 16.8. The number of benzene rings is 2. The van der Waals surface area contributed by atoms with Crippen LogP contribution in [0.5, 0.6) is 0 Å². The zero-order valence-electron chi connectivity index (χ0n) is 16.6. The Labute approximate surface area is 174 Å². The smallest absolute Gasteiger partial charge is 0.344 e. The molecule has 0 aromatic heterocycles. The molecule has 156 valence electrons. The summed E-state index contributed by atoms with van der Waals surface area (Å²) in [5.74, 6) is -1.94. The lowest BCUT2D eigenvalue weighted by Gasteiger charge is -2.27. The summed E-state index contributed by atoms with van der Waals surface area (Å²) in [7, 11) is 0. The van der Waals surface area contributed by atoms with Crippen molar-refractivity contribution in [3.05, 3.63) is 71.8 Å². The van der Waals surface area contributed by atoms with Gasteiger partial charge in [-0.05, 0) is 17.5 Å². The van der Waals surface area contributed by atoms with Crippen molar-refractivity contribution in [3.63, 3.8) is 0 Å². The number of amides is 4. The van der Waals surface area contributed by atoms with E-state index in [-0.39, 0.29) is 6.42 Å². The predicted molar refractivity (Wildman–Crippen MR) is 108 cm³/mol. The van der Waals surface area contributed by atoms with E-state index in [0.717, 1.165) is 6.42 Å². The van der Waals surface area contributed by atoms with Crippen LogP contribution in [0, 0.1) is 0 Å². The van der Waals surface area contributed by atoms with Crippen LogP contribution in [0.4, 0.5) is 4.79 Å². The molecule has 0 saturated carbocycles. The molecule has 30 heavy (non-hydrogen) atoms. The Morgan fingerprint density at radius 1 is 1.00 bits per heavy atom. The van der Waals surface area contributed by atoms with E-state index in [1.165, 1.54) is 0 Å². The second-order valence-electron chi connectivity index (χ2n) is 6.85. The van der Waals surface area contributed by atoms with Gasteiger partial charge in [0.05, 0.1) is 0 Å². The highest BCUT2D eigenvalue weighted by Crippen LogP contribution is 2.35. The Balaban J connectivity index is 1.81. The second-order valence-corrected chi connectivity index (χ2v) is 6.85. The molecular weight excluding hydrogens is 386 g/mol. The van der Waals surface area contributed by atoms with Crippen LogP contribution in [0.15, 0.2) is 60.7 Å². The highest BCUT2D eigenvalue weighted by Gasteiger charge is 2.54. The number of hydrogen-bond acceptors (Lipinski definition) is 5. The number of carbonyl (C=O) groups is 4. The summed E-state index contributed by atoms with van der Waals surface area (Å²) in [4.78, 5) is 49.8. The van der Waals surface area contributed by atoms with Gasteiger partial charge in [0.15, 0.2) is 12.1 Å². The molecule has 0 unspecified atom stereocenters. The lowest BCUT2D eigenvalue weighted by Crippen LogP contribution is -2.50. The topological polar surface area (TPSA) is 105 Å². The van der Waals surface area contributed by atoms with Crippen molar-refractivity contribution in [2.45, 2.75) is 31.7 Å².